The fourth-order valence-electron chi connectivity index (χ4n) is 4.00. The van der Waals surface area contributed by atoms with E-state index >= 15 is 0 Å². The Labute approximate surface area is 209 Å². The fraction of sp³-hybridized carbons (Fsp3) is 0.346. The summed E-state index contributed by atoms with van der Waals surface area (Å²) in [7, 11) is 0. The Kier molecular flexibility index (Phi) is 8.91. The zero-order valence-corrected chi connectivity index (χ0v) is 20.2. The van der Waals surface area contributed by atoms with Gasteiger partial charge in [-0.1, -0.05) is 56.3 Å². The Hall–Kier alpha value is -4.05. The van der Waals surface area contributed by atoms with Gasteiger partial charge in [-0.15, -0.1) is 0 Å². The summed E-state index contributed by atoms with van der Waals surface area (Å²) in [5.74, 6) is -3.12. The summed E-state index contributed by atoms with van der Waals surface area (Å²) in [6.07, 6.45) is -0.221. The number of aliphatic carboxylic acids is 1. The van der Waals surface area contributed by atoms with E-state index in [9.17, 15) is 24.0 Å². The lowest BCUT2D eigenvalue weighted by Gasteiger charge is -2.35. The van der Waals surface area contributed by atoms with Crippen molar-refractivity contribution >= 4 is 30.0 Å². The van der Waals surface area contributed by atoms with E-state index in [4.69, 9.17) is 5.11 Å². The lowest BCUT2D eigenvalue weighted by atomic mass is 10.0. The third-order valence-corrected chi connectivity index (χ3v) is 5.87. The maximum Gasteiger partial charge on any atom is 0.305 e. The Morgan fingerprint density at radius 3 is 2.08 bits per heavy atom. The van der Waals surface area contributed by atoms with Crippen LogP contribution in [0, 0.1) is 5.92 Å². The predicted octanol–water partition coefficient (Wildman–Crippen LogP) is 1.36. The molecule has 0 bridgehead atoms. The van der Waals surface area contributed by atoms with Gasteiger partial charge in [0.05, 0.1) is 12.5 Å². The van der Waals surface area contributed by atoms with Gasteiger partial charge in [0.15, 0.2) is 0 Å². The summed E-state index contributed by atoms with van der Waals surface area (Å²) in [5.41, 5.74) is 2.40. The van der Waals surface area contributed by atoms with Crippen molar-refractivity contribution in [1.29, 1.82) is 0 Å². The first-order valence-electron chi connectivity index (χ1n) is 11.6. The Balaban J connectivity index is 1.83. The standard InChI is InChI=1S/C26H30N4O6/c1-17(2)24(28-25(35)18-8-4-3-5-9-18)26(36)30(15-22(32)27-21(16-31)12-23(33)34)29-13-19-10-6-7-11-20(19)14-29/h3-11,16-17,21,24H,12-15H2,1-2H3,(H,27,32)(H,28,35)(H,33,34)/t21-,24-/m0/s1. The van der Waals surface area contributed by atoms with Gasteiger partial charge in [0.1, 0.15) is 18.9 Å². The van der Waals surface area contributed by atoms with Crippen LogP contribution in [0.4, 0.5) is 0 Å². The molecule has 0 unspecified atom stereocenters. The highest BCUT2D eigenvalue weighted by atomic mass is 16.4. The van der Waals surface area contributed by atoms with Gasteiger partial charge >= 0.3 is 5.97 Å². The van der Waals surface area contributed by atoms with E-state index in [0.717, 1.165) is 11.1 Å². The molecule has 3 N–H and O–H groups in total. The number of rotatable bonds is 11. The molecule has 36 heavy (non-hydrogen) atoms. The molecule has 0 saturated carbocycles. The third-order valence-electron chi connectivity index (χ3n) is 5.87. The van der Waals surface area contributed by atoms with Gasteiger partial charge < -0.3 is 20.5 Å². The minimum atomic E-state index is -1.24. The molecular weight excluding hydrogens is 464 g/mol. The van der Waals surface area contributed by atoms with Crippen LogP contribution in [0.25, 0.3) is 0 Å². The summed E-state index contributed by atoms with van der Waals surface area (Å²) < 4.78 is 0. The maximum atomic E-state index is 13.8. The number of benzene rings is 2. The quantitative estimate of drug-likeness (QED) is 0.401. The topological polar surface area (TPSA) is 136 Å². The van der Waals surface area contributed by atoms with E-state index in [-0.39, 0.29) is 5.92 Å². The van der Waals surface area contributed by atoms with E-state index < -0.39 is 48.7 Å². The highest BCUT2D eigenvalue weighted by molar-refractivity contribution is 5.98. The van der Waals surface area contributed by atoms with Gasteiger partial charge in [-0.05, 0) is 29.2 Å². The number of carboxylic acid groups (broad SMARTS) is 1. The first kappa shape index (κ1) is 26.6. The van der Waals surface area contributed by atoms with Gasteiger partial charge in [0.25, 0.3) is 11.8 Å². The highest BCUT2D eigenvalue weighted by Gasteiger charge is 2.35. The number of carboxylic acids is 1. The molecule has 0 aromatic heterocycles. The number of carbonyl (C=O) groups is 5. The monoisotopic (exact) mass is 494 g/mol. The number of hydrogen-bond donors (Lipinski definition) is 3. The normalized spacial score (nSPS) is 14.4. The molecule has 0 saturated heterocycles. The summed E-state index contributed by atoms with van der Waals surface area (Å²) in [6.45, 7) is 3.89. The van der Waals surface area contributed by atoms with Gasteiger partial charge in [-0.25, -0.2) is 5.01 Å². The largest absolute Gasteiger partial charge is 0.481 e. The van der Waals surface area contributed by atoms with Crippen molar-refractivity contribution in [3.8, 4) is 0 Å². The highest BCUT2D eigenvalue weighted by Crippen LogP contribution is 2.25. The average Bonchev–Trinajstić information content (AvgIpc) is 3.29. The van der Waals surface area contributed by atoms with Gasteiger partial charge in [-0.3, -0.25) is 24.2 Å². The minimum absolute atomic E-state index is 0.296. The molecule has 0 fully saturated rings. The number of hydrazine groups is 1. The fourth-order valence-corrected chi connectivity index (χ4v) is 4.00. The second kappa shape index (κ2) is 12.1. The molecule has 2 atom stereocenters. The van der Waals surface area contributed by atoms with Crippen LogP contribution in [0.2, 0.25) is 0 Å². The predicted molar refractivity (Wildman–Crippen MR) is 130 cm³/mol. The van der Waals surface area contributed by atoms with Crippen molar-refractivity contribution in [2.45, 2.75) is 45.4 Å². The molecule has 1 heterocycles. The van der Waals surface area contributed by atoms with Crippen molar-refractivity contribution < 1.29 is 29.1 Å². The number of nitrogens with zero attached hydrogens (tertiary/aromatic N) is 2. The zero-order chi connectivity index (χ0) is 26.2. The molecule has 0 spiro atoms. The minimum Gasteiger partial charge on any atom is -0.481 e. The van der Waals surface area contributed by atoms with Crippen LogP contribution in [0.5, 0.6) is 0 Å². The van der Waals surface area contributed by atoms with Crippen molar-refractivity contribution in [2.24, 2.45) is 5.92 Å². The molecule has 3 rings (SSSR count). The van der Waals surface area contributed by atoms with Crippen molar-refractivity contribution in [3.63, 3.8) is 0 Å². The lowest BCUT2D eigenvalue weighted by Crippen LogP contribution is -2.58. The maximum absolute atomic E-state index is 13.8. The van der Waals surface area contributed by atoms with Gasteiger partial charge in [-0.2, -0.15) is 0 Å². The Morgan fingerprint density at radius 2 is 1.56 bits per heavy atom. The Bertz CT molecular complexity index is 1100. The van der Waals surface area contributed by atoms with Gasteiger partial charge in [0.2, 0.25) is 5.91 Å². The molecule has 0 aliphatic carbocycles. The number of nitrogens with one attached hydrogen (secondary N) is 2. The first-order chi connectivity index (χ1) is 17.2. The number of hydrogen-bond acceptors (Lipinski definition) is 6. The van der Waals surface area contributed by atoms with E-state index in [0.29, 0.717) is 24.9 Å². The molecule has 1 aliphatic rings. The molecular formula is C26H30N4O6. The molecule has 10 heteroatoms. The van der Waals surface area contributed by atoms with Crippen LogP contribution < -0.4 is 10.6 Å². The van der Waals surface area contributed by atoms with E-state index in [2.05, 4.69) is 10.6 Å². The molecule has 0 radical (unpaired) electrons. The van der Waals surface area contributed by atoms with Crippen LogP contribution in [0.15, 0.2) is 54.6 Å². The number of amides is 3. The van der Waals surface area contributed by atoms with E-state index in [1.807, 2.05) is 24.3 Å². The summed E-state index contributed by atoms with van der Waals surface area (Å²) in [4.78, 5) is 61.6. The van der Waals surface area contributed by atoms with Crippen LogP contribution in [-0.2, 0) is 32.3 Å². The lowest BCUT2D eigenvalue weighted by molar-refractivity contribution is -0.158. The smallest absolute Gasteiger partial charge is 0.305 e. The summed E-state index contributed by atoms with van der Waals surface area (Å²) >= 11 is 0. The van der Waals surface area contributed by atoms with Gasteiger partial charge in [0, 0.05) is 18.7 Å². The number of fused-ring (bicyclic) bond motifs is 1. The molecule has 3 amide bonds. The van der Waals surface area contributed by atoms with E-state index in [1.165, 1.54) is 5.01 Å². The van der Waals surface area contributed by atoms with Crippen molar-refractivity contribution in [2.75, 3.05) is 6.54 Å². The van der Waals surface area contributed by atoms with Crippen LogP contribution in [0.1, 0.15) is 41.8 Å². The van der Waals surface area contributed by atoms with Crippen molar-refractivity contribution in [3.05, 3.63) is 71.3 Å². The second-order valence-electron chi connectivity index (χ2n) is 8.96. The molecule has 2 aromatic carbocycles. The number of aldehydes is 1. The SMILES string of the molecule is CC(C)[C@H](NC(=O)c1ccccc1)C(=O)N(CC(=O)N[C@H](C=O)CC(=O)O)N1Cc2ccccc2C1. The molecule has 190 valence electrons. The molecule has 10 nitrogen and oxygen atoms in total. The van der Waals surface area contributed by atoms with Crippen LogP contribution in [0.3, 0.4) is 0 Å². The van der Waals surface area contributed by atoms with E-state index in [1.54, 1.807) is 49.2 Å². The third kappa shape index (κ3) is 6.76. The van der Waals surface area contributed by atoms with Crippen LogP contribution in [-0.4, -0.2) is 63.7 Å². The Morgan fingerprint density at radius 1 is 0.972 bits per heavy atom. The summed E-state index contributed by atoms with van der Waals surface area (Å²) in [6, 6.07) is 14.0. The van der Waals surface area contributed by atoms with Crippen molar-refractivity contribution in [1.82, 2.24) is 20.7 Å². The average molecular weight is 495 g/mol. The summed E-state index contributed by atoms with van der Waals surface area (Å²) in [5, 5.41) is 17.1. The molecule has 1 aliphatic heterocycles. The zero-order valence-electron chi connectivity index (χ0n) is 20.2. The van der Waals surface area contributed by atoms with Crippen LogP contribution >= 0.6 is 0 Å². The molecule has 2 aromatic rings. The number of carbonyl (C=O) groups excluding carboxylic acids is 4. The second-order valence-corrected chi connectivity index (χ2v) is 8.96. The first-order valence-corrected chi connectivity index (χ1v) is 11.6.